The molecular formula is C9H18O4. The van der Waals surface area contributed by atoms with Crippen molar-refractivity contribution in [1.29, 1.82) is 0 Å². The first-order valence-electron chi connectivity index (χ1n) is 4.56. The molecule has 1 atom stereocenters. The molecule has 0 rings (SSSR count). The zero-order valence-corrected chi connectivity index (χ0v) is 8.03. The van der Waals surface area contributed by atoms with E-state index < -0.39 is 6.10 Å². The van der Waals surface area contributed by atoms with Crippen LogP contribution in [0.3, 0.4) is 0 Å². The Kier molecular flexibility index (Phi) is 7.63. The van der Waals surface area contributed by atoms with E-state index >= 15 is 0 Å². The molecule has 0 aromatic rings. The number of carbonyl (C=O) groups is 1. The molecule has 0 saturated carbocycles. The number of methoxy groups -OCH3 is 1. The average molecular weight is 190 g/mol. The number of hydrogen-bond acceptors (Lipinski definition) is 4. The predicted molar refractivity (Wildman–Crippen MR) is 48.2 cm³/mol. The van der Waals surface area contributed by atoms with Crippen molar-refractivity contribution in [2.45, 2.75) is 38.2 Å². The van der Waals surface area contributed by atoms with Crippen LogP contribution in [0.15, 0.2) is 0 Å². The van der Waals surface area contributed by atoms with Crippen LogP contribution in [0.4, 0.5) is 0 Å². The molecule has 0 aliphatic heterocycles. The van der Waals surface area contributed by atoms with Gasteiger partial charge in [-0.05, 0) is 25.7 Å². The van der Waals surface area contributed by atoms with Crippen molar-refractivity contribution in [2.75, 3.05) is 13.7 Å². The molecule has 2 N–H and O–H groups in total. The number of ether oxygens (including phenoxy) is 1. The topological polar surface area (TPSA) is 66.8 Å². The zero-order chi connectivity index (χ0) is 10.1. The van der Waals surface area contributed by atoms with Crippen molar-refractivity contribution in [3.05, 3.63) is 0 Å². The van der Waals surface area contributed by atoms with E-state index in [9.17, 15) is 9.90 Å². The van der Waals surface area contributed by atoms with Crippen LogP contribution >= 0.6 is 0 Å². The Morgan fingerprint density at radius 3 is 2.62 bits per heavy atom. The minimum absolute atomic E-state index is 0.156. The van der Waals surface area contributed by atoms with Gasteiger partial charge in [0.25, 0.3) is 0 Å². The summed E-state index contributed by atoms with van der Waals surface area (Å²) in [7, 11) is 1.33. The molecular weight excluding hydrogens is 172 g/mol. The third-order valence-corrected chi connectivity index (χ3v) is 1.85. The van der Waals surface area contributed by atoms with Gasteiger partial charge in [0.2, 0.25) is 0 Å². The third kappa shape index (κ3) is 7.74. The van der Waals surface area contributed by atoms with E-state index in [0.717, 1.165) is 6.42 Å². The van der Waals surface area contributed by atoms with Gasteiger partial charge in [0.1, 0.15) is 0 Å². The van der Waals surface area contributed by atoms with Gasteiger partial charge in [0.05, 0.1) is 13.2 Å². The number of aliphatic hydroxyl groups is 2. The van der Waals surface area contributed by atoms with E-state index in [1.165, 1.54) is 7.11 Å². The maximum atomic E-state index is 10.7. The van der Waals surface area contributed by atoms with Gasteiger partial charge < -0.3 is 14.9 Å². The highest BCUT2D eigenvalue weighted by Gasteiger charge is 2.07. The summed E-state index contributed by atoms with van der Waals surface area (Å²) in [5.41, 5.74) is 0. The van der Waals surface area contributed by atoms with Gasteiger partial charge in [0, 0.05) is 13.0 Å². The number of carbonyl (C=O) groups excluding carboxylic acids is 1. The number of rotatable bonds is 7. The lowest BCUT2D eigenvalue weighted by Gasteiger charge is -2.08. The third-order valence-electron chi connectivity index (χ3n) is 1.85. The van der Waals surface area contributed by atoms with Gasteiger partial charge in [-0.2, -0.15) is 0 Å². The van der Waals surface area contributed by atoms with Crippen molar-refractivity contribution in [2.24, 2.45) is 0 Å². The van der Waals surface area contributed by atoms with Gasteiger partial charge in [0.15, 0.2) is 0 Å². The molecule has 4 nitrogen and oxygen atoms in total. The first-order valence-corrected chi connectivity index (χ1v) is 4.56. The molecule has 0 radical (unpaired) electrons. The molecule has 78 valence electrons. The Balaban J connectivity index is 3.29. The van der Waals surface area contributed by atoms with Crippen LogP contribution in [-0.2, 0) is 9.53 Å². The fraction of sp³-hybridized carbons (Fsp3) is 0.889. The monoisotopic (exact) mass is 190 g/mol. The fourth-order valence-corrected chi connectivity index (χ4v) is 1.02. The normalized spacial score (nSPS) is 12.5. The first kappa shape index (κ1) is 12.4. The predicted octanol–water partition coefficient (Wildman–Crippen LogP) is 0.463. The van der Waals surface area contributed by atoms with Crippen LogP contribution in [0.1, 0.15) is 32.1 Å². The van der Waals surface area contributed by atoms with Crippen LogP contribution in [0.5, 0.6) is 0 Å². The molecule has 0 fully saturated rings. The second-order valence-corrected chi connectivity index (χ2v) is 2.99. The zero-order valence-electron chi connectivity index (χ0n) is 8.03. The Morgan fingerprint density at radius 2 is 2.08 bits per heavy atom. The summed E-state index contributed by atoms with van der Waals surface area (Å²) in [4.78, 5) is 10.7. The summed E-state index contributed by atoms with van der Waals surface area (Å²) >= 11 is 0. The first-order chi connectivity index (χ1) is 6.20. The van der Waals surface area contributed by atoms with Crippen LogP contribution in [0.2, 0.25) is 0 Å². The maximum absolute atomic E-state index is 10.7. The van der Waals surface area contributed by atoms with Gasteiger partial charge in [-0.3, -0.25) is 4.79 Å². The molecule has 0 amide bonds. The smallest absolute Gasteiger partial charge is 0.305 e. The standard InChI is InChI=1S/C9H18O4/c1-13-9(12)6-5-8(11)4-2-3-7-10/h8,10-11H,2-7H2,1H3. The number of esters is 1. The highest BCUT2D eigenvalue weighted by atomic mass is 16.5. The molecule has 0 spiro atoms. The molecule has 0 aromatic heterocycles. The highest BCUT2D eigenvalue weighted by molar-refractivity contribution is 5.69. The molecule has 13 heavy (non-hydrogen) atoms. The average Bonchev–Trinajstić information content (AvgIpc) is 2.14. The number of unbranched alkanes of at least 4 members (excludes halogenated alkanes) is 1. The largest absolute Gasteiger partial charge is 0.469 e. The lowest BCUT2D eigenvalue weighted by atomic mass is 10.1. The van der Waals surface area contributed by atoms with Gasteiger partial charge in [-0.1, -0.05) is 0 Å². The SMILES string of the molecule is COC(=O)CCC(O)CCCCO. The molecule has 1 unspecified atom stereocenters. The van der Waals surface area contributed by atoms with Gasteiger partial charge in [-0.15, -0.1) is 0 Å². The lowest BCUT2D eigenvalue weighted by Crippen LogP contribution is -2.10. The second kappa shape index (κ2) is 8.01. The highest BCUT2D eigenvalue weighted by Crippen LogP contribution is 2.06. The Hall–Kier alpha value is -0.610. The quantitative estimate of drug-likeness (QED) is 0.452. The van der Waals surface area contributed by atoms with Gasteiger partial charge in [-0.25, -0.2) is 0 Å². The fourth-order valence-electron chi connectivity index (χ4n) is 1.02. The molecule has 0 saturated heterocycles. The van der Waals surface area contributed by atoms with Crippen molar-refractivity contribution in [3.8, 4) is 0 Å². The summed E-state index contributed by atoms with van der Waals surface area (Å²) in [6.07, 6.45) is 2.38. The number of aliphatic hydroxyl groups excluding tert-OH is 2. The maximum Gasteiger partial charge on any atom is 0.305 e. The van der Waals surface area contributed by atoms with E-state index in [1.54, 1.807) is 0 Å². The Morgan fingerprint density at radius 1 is 1.38 bits per heavy atom. The van der Waals surface area contributed by atoms with Crippen molar-refractivity contribution >= 4 is 5.97 Å². The van der Waals surface area contributed by atoms with E-state index in [-0.39, 0.29) is 19.0 Å². The molecule has 4 heteroatoms. The van der Waals surface area contributed by atoms with Gasteiger partial charge >= 0.3 is 5.97 Å². The summed E-state index contributed by atoms with van der Waals surface area (Å²) < 4.78 is 4.44. The minimum Gasteiger partial charge on any atom is -0.469 e. The Bertz CT molecular complexity index is 136. The Labute approximate surface area is 78.5 Å². The molecule has 0 aliphatic rings. The molecule has 0 aromatic carbocycles. The molecule has 0 heterocycles. The second-order valence-electron chi connectivity index (χ2n) is 2.99. The van der Waals surface area contributed by atoms with Crippen molar-refractivity contribution < 1.29 is 19.7 Å². The summed E-state index contributed by atoms with van der Waals surface area (Å²) in [6.45, 7) is 0.156. The minimum atomic E-state index is -0.453. The van der Waals surface area contributed by atoms with E-state index in [4.69, 9.17) is 5.11 Å². The summed E-state index contributed by atoms with van der Waals surface area (Å²) in [6, 6.07) is 0. The summed E-state index contributed by atoms with van der Waals surface area (Å²) in [5, 5.41) is 17.8. The van der Waals surface area contributed by atoms with Crippen LogP contribution in [0.25, 0.3) is 0 Å². The van der Waals surface area contributed by atoms with Crippen LogP contribution < -0.4 is 0 Å². The summed E-state index contributed by atoms with van der Waals surface area (Å²) in [5.74, 6) is -0.291. The van der Waals surface area contributed by atoms with Crippen molar-refractivity contribution in [1.82, 2.24) is 0 Å². The van der Waals surface area contributed by atoms with Crippen LogP contribution in [-0.4, -0.2) is 36.0 Å². The molecule has 0 bridgehead atoms. The lowest BCUT2D eigenvalue weighted by molar-refractivity contribution is -0.141. The van der Waals surface area contributed by atoms with E-state index in [2.05, 4.69) is 4.74 Å². The van der Waals surface area contributed by atoms with Crippen LogP contribution in [0, 0.1) is 0 Å². The van der Waals surface area contributed by atoms with E-state index in [0.29, 0.717) is 19.3 Å². The number of hydrogen-bond donors (Lipinski definition) is 2. The van der Waals surface area contributed by atoms with E-state index in [1.807, 2.05) is 0 Å². The van der Waals surface area contributed by atoms with Crippen molar-refractivity contribution in [3.63, 3.8) is 0 Å². The molecule has 0 aliphatic carbocycles.